The molecular formula is C14H12O3. The second-order valence-corrected chi connectivity index (χ2v) is 3.80. The van der Waals surface area contributed by atoms with Gasteiger partial charge in [0.1, 0.15) is 0 Å². The summed E-state index contributed by atoms with van der Waals surface area (Å²) in [5.41, 5.74) is 0.289. The lowest BCUT2D eigenvalue weighted by atomic mass is 10.1. The number of hydrogen-bond donors (Lipinski definition) is 1. The maximum atomic E-state index is 11.5. The molecule has 0 heterocycles. The standard InChI is InChI=1S/C14H12O3/c1-9(2)14(16)17-13-11-6-4-3-5-10(11)7-8-12(13)15/h3-8,15H,1H2,2H3. The lowest BCUT2D eigenvalue weighted by molar-refractivity contribution is -0.130. The Labute approximate surface area is 99.0 Å². The molecule has 0 fully saturated rings. The first-order chi connectivity index (χ1) is 8.09. The Balaban J connectivity index is 2.55. The van der Waals surface area contributed by atoms with Gasteiger partial charge in [-0.05, 0) is 18.4 Å². The summed E-state index contributed by atoms with van der Waals surface area (Å²) in [6.45, 7) is 5.06. The zero-order chi connectivity index (χ0) is 12.4. The zero-order valence-electron chi connectivity index (χ0n) is 9.43. The van der Waals surface area contributed by atoms with E-state index in [9.17, 15) is 9.90 Å². The van der Waals surface area contributed by atoms with Crippen LogP contribution in [-0.2, 0) is 4.79 Å². The Morgan fingerprint density at radius 3 is 2.65 bits per heavy atom. The summed E-state index contributed by atoms with van der Waals surface area (Å²) in [7, 11) is 0. The molecule has 2 aromatic carbocycles. The van der Waals surface area contributed by atoms with Gasteiger partial charge in [-0.25, -0.2) is 4.79 Å². The van der Waals surface area contributed by atoms with Gasteiger partial charge in [-0.1, -0.05) is 36.9 Å². The molecule has 0 saturated carbocycles. The van der Waals surface area contributed by atoms with Crippen molar-refractivity contribution in [2.75, 3.05) is 0 Å². The van der Waals surface area contributed by atoms with Gasteiger partial charge in [-0.2, -0.15) is 0 Å². The van der Waals surface area contributed by atoms with Crippen molar-refractivity contribution in [3.63, 3.8) is 0 Å². The molecule has 0 saturated heterocycles. The third-order valence-electron chi connectivity index (χ3n) is 2.40. The number of carbonyl (C=O) groups is 1. The molecule has 0 unspecified atom stereocenters. The average Bonchev–Trinajstić information content (AvgIpc) is 2.32. The number of aromatic hydroxyl groups is 1. The topological polar surface area (TPSA) is 46.5 Å². The molecule has 0 aliphatic heterocycles. The largest absolute Gasteiger partial charge is 0.504 e. The minimum atomic E-state index is -0.545. The first-order valence-electron chi connectivity index (χ1n) is 5.18. The van der Waals surface area contributed by atoms with E-state index < -0.39 is 5.97 Å². The van der Waals surface area contributed by atoms with Crippen molar-refractivity contribution >= 4 is 16.7 Å². The van der Waals surface area contributed by atoms with Crippen LogP contribution in [0, 0.1) is 0 Å². The average molecular weight is 228 g/mol. The van der Waals surface area contributed by atoms with Crippen molar-refractivity contribution < 1.29 is 14.6 Å². The van der Waals surface area contributed by atoms with E-state index in [0.717, 1.165) is 5.39 Å². The monoisotopic (exact) mass is 228 g/mol. The molecule has 86 valence electrons. The molecule has 0 amide bonds. The van der Waals surface area contributed by atoms with E-state index in [2.05, 4.69) is 6.58 Å². The fourth-order valence-corrected chi connectivity index (χ4v) is 1.52. The maximum absolute atomic E-state index is 11.5. The number of phenols is 1. The normalized spacial score (nSPS) is 10.2. The molecule has 0 radical (unpaired) electrons. The highest BCUT2D eigenvalue weighted by Crippen LogP contribution is 2.34. The number of benzene rings is 2. The summed E-state index contributed by atoms with van der Waals surface area (Å²) in [6.07, 6.45) is 0. The van der Waals surface area contributed by atoms with Crippen molar-refractivity contribution in [2.45, 2.75) is 6.92 Å². The van der Waals surface area contributed by atoms with Crippen LogP contribution in [0.2, 0.25) is 0 Å². The van der Waals surface area contributed by atoms with Gasteiger partial charge in [-0.15, -0.1) is 0 Å². The molecule has 0 aliphatic rings. The van der Waals surface area contributed by atoms with E-state index in [1.165, 1.54) is 6.07 Å². The summed E-state index contributed by atoms with van der Waals surface area (Å²) in [4.78, 5) is 11.5. The molecular weight excluding hydrogens is 216 g/mol. The minimum Gasteiger partial charge on any atom is -0.504 e. The molecule has 0 atom stereocenters. The molecule has 0 spiro atoms. The Hall–Kier alpha value is -2.29. The highest BCUT2D eigenvalue weighted by molar-refractivity contribution is 5.96. The molecule has 17 heavy (non-hydrogen) atoms. The Bertz CT molecular complexity index is 599. The molecule has 2 rings (SSSR count). The second kappa shape index (κ2) is 4.29. The quantitative estimate of drug-likeness (QED) is 0.488. The smallest absolute Gasteiger partial charge is 0.338 e. The number of ether oxygens (including phenoxy) is 1. The van der Waals surface area contributed by atoms with Crippen LogP contribution >= 0.6 is 0 Å². The number of hydrogen-bond acceptors (Lipinski definition) is 3. The van der Waals surface area contributed by atoms with Crippen LogP contribution in [0.25, 0.3) is 10.8 Å². The maximum Gasteiger partial charge on any atom is 0.338 e. The van der Waals surface area contributed by atoms with Crippen LogP contribution in [-0.4, -0.2) is 11.1 Å². The number of fused-ring (bicyclic) bond motifs is 1. The molecule has 0 aromatic heterocycles. The number of rotatable bonds is 2. The molecule has 0 aliphatic carbocycles. The van der Waals surface area contributed by atoms with Crippen LogP contribution in [0.15, 0.2) is 48.6 Å². The third kappa shape index (κ3) is 2.13. The van der Waals surface area contributed by atoms with E-state index in [0.29, 0.717) is 5.39 Å². The zero-order valence-corrected chi connectivity index (χ0v) is 9.43. The van der Waals surface area contributed by atoms with Crippen LogP contribution in [0.3, 0.4) is 0 Å². The first kappa shape index (κ1) is 11.2. The summed E-state index contributed by atoms with van der Waals surface area (Å²) < 4.78 is 5.13. The van der Waals surface area contributed by atoms with Crippen LogP contribution in [0.5, 0.6) is 11.5 Å². The van der Waals surface area contributed by atoms with Gasteiger partial charge in [0.2, 0.25) is 0 Å². The van der Waals surface area contributed by atoms with Crippen molar-refractivity contribution in [2.24, 2.45) is 0 Å². The van der Waals surface area contributed by atoms with Crippen molar-refractivity contribution in [3.8, 4) is 11.5 Å². The fourth-order valence-electron chi connectivity index (χ4n) is 1.52. The SMILES string of the molecule is C=C(C)C(=O)Oc1c(O)ccc2ccccc12. The van der Waals surface area contributed by atoms with Gasteiger partial charge < -0.3 is 9.84 Å². The van der Waals surface area contributed by atoms with E-state index in [4.69, 9.17) is 4.74 Å². The second-order valence-electron chi connectivity index (χ2n) is 3.80. The lowest BCUT2D eigenvalue weighted by Crippen LogP contribution is -2.08. The molecule has 2 aromatic rings. The summed E-state index contributed by atoms with van der Waals surface area (Å²) in [5, 5.41) is 11.3. The van der Waals surface area contributed by atoms with Crippen molar-refractivity contribution in [1.29, 1.82) is 0 Å². The van der Waals surface area contributed by atoms with Crippen molar-refractivity contribution in [1.82, 2.24) is 0 Å². The van der Waals surface area contributed by atoms with Gasteiger partial charge >= 0.3 is 5.97 Å². The predicted octanol–water partition coefficient (Wildman–Crippen LogP) is 3.03. The van der Waals surface area contributed by atoms with Crippen LogP contribution < -0.4 is 4.74 Å². The molecule has 3 nitrogen and oxygen atoms in total. The van der Waals surface area contributed by atoms with E-state index >= 15 is 0 Å². The van der Waals surface area contributed by atoms with Gasteiger partial charge in [-0.3, -0.25) is 0 Å². The highest BCUT2D eigenvalue weighted by atomic mass is 16.5. The fraction of sp³-hybridized carbons (Fsp3) is 0.0714. The van der Waals surface area contributed by atoms with Gasteiger partial charge in [0.15, 0.2) is 11.5 Å². The molecule has 3 heteroatoms. The third-order valence-corrected chi connectivity index (χ3v) is 2.40. The Morgan fingerprint density at radius 2 is 1.94 bits per heavy atom. The van der Waals surface area contributed by atoms with E-state index in [1.54, 1.807) is 19.1 Å². The highest BCUT2D eigenvalue weighted by Gasteiger charge is 2.12. The summed E-state index contributed by atoms with van der Waals surface area (Å²) >= 11 is 0. The molecule has 1 N–H and O–H groups in total. The lowest BCUT2D eigenvalue weighted by Gasteiger charge is -2.09. The first-order valence-corrected chi connectivity index (χ1v) is 5.18. The Kier molecular flexibility index (Phi) is 2.83. The van der Waals surface area contributed by atoms with Gasteiger partial charge in [0, 0.05) is 11.0 Å². The summed E-state index contributed by atoms with van der Waals surface area (Å²) in [5.74, 6) is -0.425. The van der Waals surface area contributed by atoms with Crippen LogP contribution in [0.4, 0.5) is 0 Å². The number of carbonyl (C=O) groups excluding carboxylic acids is 1. The number of esters is 1. The van der Waals surface area contributed by atoms with E-state index in [1.807, 2.05) is 18.2 Å². The Morgan fingerprint density at radius 1 is 1.24 bits per heavy atom. The predicted molar refractivity (Wildman–Crippen MR) is 66.1 cm³/mol. The number of phenolic OH excluding ortho intramolecular Hbond substituents is 1. The van der Waals surface area contributed by atoms with Gasteiger partial charge in [0.05, 0.1) is 0 Å². The minimum absolute atomic E-state index is 0.0571. The van der Waals surface area contributed by atoms with Crippen LogP contribution in [0.1, 0.15) is 6.92 Å². The van der Waals surface area contributed by atoms with E-state index in [-0.39, 0.29) is 17.1 Å². The molecule has 0 bridgehead atoms. The van der Waals surface area contributed by atoms with Gasteiger partial charge in [0.25, 0.3) is 0 Å². The van der Waals surface area contributed by atoms with Crippen molar-refractivity contribution in [3.05, 3.63) is 48.6 Å². The summed E-state index contributed by atoms with van der Waals surface area (Å²) in [6, 6.07) is 10.6.